The van der Waals surface area contributed by atoms with E-state index in [1.54, 1.807) is 0 Å². The predicted molar refractivity (Wildman–Crippen MR) is 96.1 cm³/mol. The Morgan fingerprint density at radius 1 is 1.24 bits per heavy atom. The lowest BCUT2D eigenvalue weighted by Crippen LogP contribution is -2.38. The first-order valence-corrected chi connectivity index (χ1v) is 9.24. The number of hydrogen-bond donors (Lipinski definition) is 3. The van der Waals surface area contributed by atoms with Crippen LogP contribution in [-0.4, -0.2) is 45.7 Å². The quantitative estimate of drug-likeness (QED) is 0.638. The van der Waals surface area contributed by atoms with E-state index in [9.17, 15) is 23.4 Å². The molecular weight excluding hydrogens is 391 g/mol. The van der Waals surface area contributed by atoms with Gasteiger partial charge in [0.25, 0.3) is 0 Å². The smallest absolute Gasteiger partial charge is 0.417 e. The minimum absolute atomic E-state index is 0.0546. The highest BCUT2D eigenvalue weighted by Gasteiger charge is 2.44. The van der Waals surface area contributed by atoms with Crippen LogP contribution in [0.5, 0.6) is 5.88 Å². The van der Waals surface area contributed by atoms with Crippen molar-refractivity contribution < 1.29 is 32.6 Å². The molecule has 2 aromatic heterocycles. The molecule has 0 bridgehead atoms. The van der Waals surface area contributed by atoms with Gasteiger partial charge in [-0.3, -0.25) is 0 Å². The molecule has 3 N–H and O–H groups in total. The predicted octanol–water partition coefficient (Wildman–Crippen LogP) is 2.38. The van der Waals surface area contributed by atoms with Crippen molar-refractivity contribution in [2.45, 2.75) is 51.6 Å². The van der Waals surface area contributed by atoms with Crippen LogP contribution in [0.2, 0.25) is 0 Å². The lowest BCUT2D eigenvalue weighted by Gasteiger charge is -2.29. The SMILES string of the molecule is Cc1noc(C)c1CNCC1(COc2ccc(C(F)(F)F)cn2)CC(O)C(O)C1. The number of hydrogen-bond acceptors (Lipinski definition) is 7. The van der Waals surface area contributed by atoms with Crippen molar-refractivity contribution in [1.82, 2.24) is 15.5 Å². The van der Waals surface area contributed by atoms with Crippen LogP contribution in [0.4, 0.5) is 13.2 Å². The Hall–Kier alpha value is -2.17. The van der Waals surface area contributed by atoms with Crippen LogP contribution in [0.1, 0.15) is 35.4 Å². The van der Waals surface area contributed by atoms with E-state index in [1.807, 2.05) is 13.8 Å². The fourth-order valence-electron chi connectivity index (χ4n) is 3.62. The molecule has 0 aromatic carbocycles. The van der Waals surface area contributed by atoms with Gasteiger partial charge in [0.05, 0.1) is 30.1 Å². The van der Waals surface area contributed by atoms with Gasteiger partial charge < -0.3 is 24.8 Å². The van der Waals surface area contributed by atoms with Crippen LogP contribution >= 0.6 is 0 Å². The second-order valence-electron chi connectivity index (χ2n) is 7.62. The zero-order valence-corrected chi connectivity index (χ0v) is 16.2. The molecule has 2 unspecified atom stereocenters. The molecule has 0 aliphatic heterocycles. The highest BCUT2D eigenvalue weighted by Crippen LogP contribution is 2.39. The van der Waals surface area contributed by atoms with E-state index in [0.29, 0.717) is 31.7 Å². The first-order valence-electron chi connectivity index (χ1n) is 9.24. The summed E-state index contributed by atoms with van der Waals surface area (Å²) in [5.74, 6) is 0.764. The fourth-order valence-corrected chi connectivity index (χ4v) is 3.62. The van der Waals surface area contributed by atoms with Gasteiger partial charge in [0, 0.05) is 36.3 Å². The van der Waals surface area contributed by atoms with Crippen molar-refractivity contribution in [3.05, 3.63) is 40.9 Å². The summed E-state index contributed by atoms with van der Waals surface area (Å²) in [6.07, 6.45) is -4.93. The summed E-state index contributed by atoms with van der Waals surface area (Å²) in [4.78, 5) is 3.71. The molecule has 2 aromatic rings. The lowest BCUT2D eigenvalue weighted by molar-refractivity contribution is -0.137. The van der Waals surface area contributed by atoms with Crippen molar-refractivity contribution in [2.24, 2.45) is 5.41 Å². The van der Waals surface area contributed by atoms with Crippen LogP contribution in [0.3, 0.4) is 0 Å². The summed E-state index contributed by atoms with van der Waals surface area (Å²) in [5, 5.41) is 27.2. The number of aliphatic hydroxyl groups excluding tert-OH is 2. The van der Waals surface area contributed by atoms with E-state index < -0.39 is 29.4 Å². The molecule has 1 aliphatic rings. The molecule has 3 rings (SSSR count). The largest absolute Gasteiger partial charge is 0.477 e. The fraction of sp³-hybridized carbons (Fsp3) is 0.579. The van der Waals surface area contributed by atoms with E-state index in [0.717, 1.165) is 29.6 Å². The van der Waals surface area contributed by atoms with Crippen molar-refractivity contribution in [3.8, 4) is 5.88 Å². The molecule has 2 heterocycles. The summed E-state index contributed by atoms with van der Waals surface area (Å²) >= 11 is 0. The number of nitrogens with zero attached hydrogens (tertiary/aromatic N) is 2. The maximum atomic E-state index is 12.7. The molecule has 2 atom stereocenters. The zero-order valence-electron chi connectivity index (χ0n) is 16.2. The van der Waals surface area contributed by atoms with Gasteiger partial charge in [-0.25, -0.2) is 4.98 Å². The number of halogens is 3. The molecule has 1 saturated carbocycles. The molecule has 1 aliphatic carbocycles. The number of aliphatic hydroxyl groups is 2. The third kappa shape index (κ3) is 5.06. The average Bonchev–Trinajstić information content (AvgIpc) is 3.13. The van der Waals surface area contributed by atoms with Gasteiger partial charge in [0.1, 0.15) is 5.76 Å². The number of aryl methyl sites for hydroxylation is 2. The van der Waals surface area contributed by atoms with Gasteiger partial charge in [0.15, 0.2) is 0 Å². The summed E-state index contributed by atoms with van der Waals surface area (Å²) in [7, 11) is 0. The van der Waals surface area contributed by atoms with Gasteiger partial charge in [-0.1, -0.05) is 5.16 Å². The van der Waals surface area contributed by atoms with Crippen molar-refractivity contribution >= 4 is 0 Å². The Morgan fingerprint density at radius 2 is 1.93 bits per heavy atom. The van der Waals surface area contributed by atoms with Gasteiger partial charge in [-0.05, 0) is 32.8 Å². The molecule has 29 heavy (non-hydrogen) atoms. The van der Waals surface area contributed by atoms with Crippen LogP contribution in [-0.2, 0) is 12.7 Å². The number of pyridine rings is 1. The number of ether oxygens (including phenoxy) is 1. The van der Waals surface area contributed by atoms with Crippen LogP contribution in [0, 0.1) is 19.3 Å². The molecule has 0 amide bonds. The third-order valence-electron chi connectivity index (χ3n) is 5.30. The minimum Gasteiger partial charge on any atom is -0.477 e. The third-order valence-corrected chi connectivity index (χ3v) is 5.30. The normalized spacial score (nSPS) is 24.8. The average molecular weight is 415 g/mol. The second kappa shape index (κ2) is 8.29. The Kier molecular flexibility index (Phi) is 6.16. The Bertz CT molecular complexity index is 794. The molecule has 1 fully saturated rings. The molecule has 0 spiro atoms. The van der Waals surface area contributed by atoms with E-state index in [4.69, 9.17) is 9.26 Å². The van der Waals surface area contributed by atoms with Crippen molar-refractivity contribution in [1.29, 1.82) is 0 Å². The second-order valence-corrected chi connectivity index (χ2v) is 7.62. The summed E-state index contributed by atoms with van der Waals surface area (Å²) in [6.45, 7) is 4.66. The highest BCUT2D eigenvalue weighted by atomic mass is 19.4. The summed E-state index contributed by atoms with van der Waals surface area (Å²) < 4.78 is 48.7. The van der Waals surface area contributed by atoms with Gasteiger partial charge >= 0.3 is 6.18 Å². The van der Waals surface area contributed by atoms with E-state index in [1.165, 1.54) is 0 Å². The van der Waals surface area contributed by atoms with Crippen molar-refractivity contribution in [3.63, 3.8) is 0 Å². The van der Waals surface area contributed by atoms with Crippen molar-refractivity contribution in [2.75, 3.05) is 13.2 Å². The van der Waals surface area contributed by atoms with Gasteiger partial charge in [0.2, 0.25) is 5.88 Å². The van der Waals surface area contributed by atoms with Gasteiger partial charge in [-0.2, -0.15) is 13.2 Å². The Labute approximate surface area is 165 Å². The maximum Gasteiger partial charge on any atom is 0.417 e. The molecule has 160 valence electrons. The first-order chi connectivity index (χ1) is 13.6. The highest BCUT2D eigenvalue weighted by molar-refractivity contribution is 5.21. The standard InChI is InChI=1S/C19H24F3N3O4/c1-11-14(12(2)29-25-11)8-23-9-18(5-15(26)16(27)6-18)10-28-17-4-3-13(7-24-17)19(20,21)22/h3-4,7,15-16,23,26-27H,5-6,8-10H2,1-2H3. The maximum absolute atomic E-state index is 12.7. The van der Waals surface area contributed by atoms with E-state index in [2.05, 4.69) is 15.5 Å². The summed E-state index contributed by atoms with van der Waals surface area (Å²) in [5.41, 5.74) is 0.264. The molecule has 10 heteroatoms. The minimum atomic E-state index is -4.46. The molecule has 0 saturated heterocycles. The molecule has 7 nitrogen and oxygen atoms in total. The zero-order chi connectivity index (χ0) is 21.2. The van der Waals surface area contributed by atoms with Crippen LogP contribution < -0.4 is 10.1 Å². The molecule has 0 radical (unpaired) electrons. The first kappa shape index (κ1) is 21.5. The van der Waals surface area contributed by atoms with Crippen LogP contribution in [0.25, 0.3) is 0 Å². The topological polar surface area (TPSA) is 101 Å². The lowest BCUT2D eigenvalue weighted by atomic mass is 9.86. The Balaban J connectivity index is 1.64. The monoisotopic (exact) mass is 415 g/mol. The number of rotatable bonds is 7. The number of aromatic nitrogens is 2. The number of alkyl halides is 3. The summed E-state index contributed by atoms with van der Waals surface area (Å²) in [6, 6.07) is 2.07. The Morgan fingerprint density at radius 3 is 2.45 bits per heavy atom. The van der Waals surface area contributed by atoms with Crippen LogP contribution in [0.15, 0.2) is 22.9 Å². The number of nitrogens with one attached hydrogen (secondary N) is 1. The molecular formula is C19H24F3N3O4. The van der Waals surface area contributed by atoms with E-state index in [-0.39, 0.29) is 12.5 Å². The van der Waals surface area contributed by atoms with Gasteiger partial charge in [-0.15, -0.1) is 0 Å². The van der Waals surface area contributed by atoms with E-state index >= 15 is 0 Å².